The number of hydrogen-bond acceptors (Lipinski definition) is 8. The molecule has 1 aromatic heterocycles. The van der Waals surface area contributed by atoms with Gasteiger partial charge in [0.25, 0.3) is 0 Å². The molecule has 30 heavy (non-hydrogen) atoms. The van der Waals surface area contributed by atoms with Crippen LogP contribution < -0.4 is 0 Å². The van der Waals surface area contributed by atoms with E-state index in [-0.39, 0.29) is 11.3 Å². The highest BCUT2D eigenvalue weighted by Gasteiger charge is 2.49. The lowest BCUT2D eigenvalue weighted by atomic mass is 10.1. The maximum atomic E-state index is 12.9. The highest BCUT2D eigenvalue weighted by molar-refractivity contribution is 8.38. The summed E-state index contributed by atoms with van der Waals surface area (Å²) in [6, 6.07) is 6.66. The van der Waals surface area contributed by atoms with E-state index in [4.69, 9.17) is 9.73 Å². The Hall–Kier alpha value is -2.58. The van der Waals surface area contributed by atoms with E-state index >= 15 is 0 Å². The van der Waals surface area contributed by atoms with Crippen molar-refractivity contribution in [1.82, 2.24) is 10.2 Å². The Kier molecular flexibility index (Phi) is 5.23. The summed E-state index contributed by atoms with van der Waals surface area (Å²) in [6.45, 7) is 0. The second kappa shape index (κ2) is 7.59. The number of halogens is 3. The van der Waals surface area contributed by atoms with Crippen molar-refractivity contribution in [2.45, 2.75) is 35.3 Å². The Bertz CT molecular complexity index is 1110. The van der Waals surface area contributed by atoms with Crippen molar-refractivity contribution in [3.05, 3.63) is 52.2 Å². The zero-order valence-corrected chi connectivity index (χ0v) is 17.1. The van der Waals surface area contributed by atoms with Crippen LogP contribution in [0.3, 0.4) is 0 Å². The number of aliphatic imine (C=N–C) groups is 1. The van der Waals surface area contributed by atoms with Crippen LogP contribution >= 0.6 is 23.5 Å². The maximum Gasteiger partial charge on any atom is 0.416 e. The molecule has 0 amide bonds. The first-order chi connectivity index (χ1) is 14.3. The number of rotatable bonds is 3. The molecule has 0 bridgehead atoms. The van der Waals surface area contributed by atoms with Crippen molar-refractivity contribution in [1.29, 1.82) is 5.26 Å². The summed E-state index contributed by atoms with van der Waals surface area (Å²) in [6.07, 6.45) is -2.88. The lowest BCUT2D eigenvalue weighted by molar-refractivity contribution is -0.137. The predicted molar refractivity (Wildman–Crippen MR) is 105 cm³/mol. The van der Waals surface area contributed by atoms with Gasteiger partial charge in [-0.3, -0.25) is 4.99 Å². The Labute approximate surface area is 177 Å². The molecule has 11 heteroatoms. The molecular formula is C19H13F3N4O2S2. The second-order valence-corrected chi connectivity index (χ2v) is 8.92. The Morgan fingerprint density at radius 1 is 1.33 bits per heavy atom. The topological polar surface area (TPSA) is 88.2 Å². The molecule has 0 atom stereocenters. The molecule has 2 aromatic rings. The van der Waals surface area contributed by atoms with Gasteiger partial charge >= 0.3 is 12.1 Å². The van der Waals surface area contributed by atoms with Crippen LogP contribution in [0.1, 0.15) is 45.6 Å². The van der Waals surface area contributed by atoms with E-state index in [0.717, 1.165) is 30.5 Å². The molecule has 0 unspecified atom stereocenters. The van der Waals surface area contributed by atoms with E-state index in [2.05, 4.69) is 10.2 Å². The third kappa shape index (κ3) is 3.89. The summed E-state index contributed by atoms with van der Waals surface area (Å²) in [4.78, 5) is 16.5. The van der Waals surface area contributed by atoms with Crippen molar-refractivity contribution in [3.8, 4) is 6.07 Å². The monoisotopic (exact) mass is 450 g/mol. The molecule has 0 saturated heterocycles. The number of benzene rings is 1. The Morgan fingerprint density at radius 2 is 2.10 bits per heavy atom. The Morgan fingerprint density at radius 3 is 2.73 bits per heavy atom. The van der Waals surface area contributed by atoms with Crippen LogP contribution in [0.2, 0.25) is 0 Å². The first kappa shape index (κ1) is 20.7. The molecule has 1 aliphatic carbocycles. The number of nitriles is 1. The first-order valence-electron chi connectivity index (χ1n) is 8.73. The Balaban J connectivity index is 1.54. The quantitative estimate of drug-likeness (QED) is 0.635. The van der Waals surface area contributed by atoms with Crippen LogP contribution in [0.15, 0.2) is 34.3 Å². The first-order valence-corrected chi connectivity index (χ1v) is 10.5. The highest BCUT2D eigenvalue weighted by Crippen LogP contribution is 2.56. The van der Waals surface area contributed by atoms with Crippen molar-refractivity contribution in [2.24, 2.45) is 4.99 Å². The molecule has 1 fully saturated rings. The lowest BCUT2D eigenvalue weighted by Gasteiger charge is -2.21. The van der Waals surface area contributed by atoms with Crippen molar-refractivity contribution in [3.63, 3.8) is 0 Å². The van der Waals surface area contributed by atoms with Gasteiger partial charge in [-0.15, -0.1) is 10.2 Å². The van der Waals surface area contributed by atoms with Gasteiger partial charge in [0, 0.05) is 11.3 Å². The van der Waals surface area contributed by atoms with Crippen molar-refractivity contribution < 1.29 is 22.7 Å². The number of carbonyl (C=O) groups excluding carboxylic acids is 1. The van der Waals surface area contributed by atoms with Gasteiger partial charge in [0.15, 0.2) is 5.69 Å². The standard InChI is InChI=1S/C19H13F3N4O2S2/c1-28-16(27)14-7-13-15(26-25-14)30-17(24-18(13)4-5-18)29-9-10-2-3-12(19(20,21)22)6-11(10)8-23/h2-3,6-7H,4-5,9H2,1H3. The fourth-order valence-electron chi connectivity index (χ4n) is 3.02. The summed E-state index contributed by atoms with van der Waals surface area (Å²) in [7, 11) is 1.27. The van der Waals surface area contributed by atoms with Crippen LogP contribution in [-0.2, 0) is 22.2 Å². The summed E-state index contributed by atoms with van der Waals surface area (Å²) in [5, 5.41) is 17.9. The molecule has 4 rings (SSSR count). The minimum Gasteiger partial charge on any atom is -0.464 e. The SMILES string of the molecule is COC(=O)c1cc2c(nn1)SC(SCc1ccc(C(F)(F)F)cc1C#N)=NC21CC1. The number of hydrogen-bond donors (Lipinski definition) is 0. The fourth-order valence-corrected chi connectivity index (χ4v) is 5.26. The molecule has 154 valence electrons. The van der Waals surface area contributed by atoms with Gasteiger partial charge in [0.05, 0.1) is 29.8 Å². The normalized spacial score (nSPS) is 16.4. The molecule has 2 aliphatic rings. The average Bonchev–Trinajstić information content (AvgIpc) is 3.50. The summed E-state index contributed by atoms with van der Waals surface area (Å²) >= 11 is 2.63. The van der Waals surface area contributed by atoms with Crippen molar-refractivity contribution in [2.75, 3.05) is 7.11 Å². The van der Waals surface area contributed by atoms with E-state index in [1.165, 1.54) is 36.7 Å². The highest BCUT2D eigenvalue weighted by atomic mass is 32.2. The van der Waals surface area contributed by atoms with E-state index < -0.39 is 23.2 Å². The van der Waals surface area contributed by atoms with Gasteiger partial charge in [0.2, 0.25) is 0 Å². The lowest BCUT2D eigenvalue weighted by Crippen LogP contribution is -2.17. The number of esters is 1. The van der Waals surface area contributed by atoms with Gasteiger partial charge in [-0.1, -0.05) is 17.8 Å². The summed E-state index contributed by atoms with van der Waals surface area (Å²) in [5.74, 6) is -0.270. The number of fused-ring (bicyclic) bond motifs is 2. The number of thioether (sulfide) groups is 2. The zero-order valence-electron chi connectivity index (χ0n) is 15.5. The molecular weight excluding hydrogens is 437 g/mol. The molecule has 0 radical (unpaired) electrons. The minimum atomic E-state index is -4.50. The molecule has 1 aromatic carbocycles. The fraction of sp³-hybridized carbons (Fsp3) is 0.316. The average molecular weight is 450 g/mol. The molecule has 2 heterocycles. The third-order valence-corrected chi connectivity index (χ3v) is 6.94. The molecule has 0 N–H and O–H groups in total. The number of methoxy groups -OCH3 is 1. The zero-order chi connectivity index (χ0) is 21.5. The smallest absolute Gasteiger partial charge is 0.416 e. The van der Waals surface area contributed by atoms with E-state index in [1.54, 1.807) is 6.07 Å². The summed E-state index contributed by atoms with van der Waals surface area (Å²) in [5.41, 5.74) is 0.154. The van der Waals surface area contributed by atoms with Crippen LogP contribution in [0, 0.1) is 11.3 Å². The van der Waals surface area contributed by atoms with Gasteiger partial charge in [-0.05, 0) is 48.4 Å². The molecule has 1 spiro atoms. The second-order valence-electron chi connectivity index (χ2n) is 6.72. The largest absolute Gasteiger partial charge is 0.464 e. The summed E-state index contributed by atoms with van der Waals surface area (Å²) < 4.78 is 44.0. The number of nitrogens with zero attached hydrogens (tertiary/aromatic N) is 4. The minimum absolute atomic E-state index is 0.0113. The predicted octanol–water partition coefficient (Wildman–Crippen LogP) is 4.54. The van der Waals surface area contributed by atoms with Crippen LogP contribution in [-0.4, -0.2) is 27.7 Å². The number of alkyl halides is 3. The van der Waals surface area contributed by atoms with Gasteiger partial charge in [0.1, 0.15) is 9.40 Å². The molecule has 1 aliphatic heterocycles. The maximum absolute atomic E-state index is 12.9. The van der Waals surface area contributed by atoms with Crippen LogP contribution in [0.25, 0.3) is 0 Å². The number of ether oxygens (including phenoxy) is 1. The number of aromatic nitrogens is 2. The van der Waals surface area contributed by atoms with Gasteiger partial charge in [-0.25, -0.2) is 4.79 Å². The number of carbonyl (C=O) groups is 1. The van der Waals surface area contributed by atoms with E-state index in [0.29, 0.717) is 20.7 Å². The van der Waals surface area contributed by atoms with Crippen LogP contribution in [0.5, 0.6) is 0 Å². The van der Waals surface area contributed by atoms with E-state index in [9.17, 15) is 23.2 Å². The van der Waals surface area contributed by atoms with Gasteiger partial charge < -0.3 is 4.74 Å². The third-order valence-electron chi connectivity index (χ3n) is 4.78. The molecule has 1 saturated carbocycles. The van der Waals surface area contributed by atoms with Gasteiger partial charge in [-0.2, -0.15) is 18.4 Å². The van der Waals surface area contributed by atoms with E-state index in [1.807, 2.05) is 6.07 Å². The van der Waals surface area contributed by atoms with Crippen LogP contribution in [0.4, 0.5) is 13.2 Å². The van der Waals surface area contributed by atoms with Crippen molar-refractivity contribution >= 4 is 33.9 Å². The molecule has 6 nitrogen and oxygen atoms in total.